The summed E-state index contributed by atoms with van der Waals surface area (Å²) in [4.78, 5) is 22.7. The van der Waals surface area contributed by atoms with Crippen LogP contribution < -0.4 is 16.4 Å². The van der Waals surface area contributed by atoms with E-state index >= 15 is 0 Å². The quantitative estimate of drug-likeness (QED) is 0.573. The predicted molar refractivity (Wildman–Crippen MR) is 56.9 cm³/mol. The highest BCUT2D eigenvalue weighted by Gasteiger charge is 2.27. The van der Waals surface area contributed by atoms with Gasteiger partial charge in [0, 0.05) is 19.5 Å². The summed E-state index contributed by atoms with van der Waals surface area (Å²) in [5.74, 6) is 0.00362. The van der Waals surface area contributed by atoms with Gasteiger partial charge in [0.05, 0.1) is 12.0 Å². The minimum Gasteiger partial charge on any atom is -0.354 e. The van der Waals surface area contributed by atoms with Gasteiger partial charge in [-0.05, 0) is 5.92 Å². The Morgan fingerprint density at radius 2 is 2.33 bits per heavy atom. The van der Waals surface area contributed by atoms with Gasteiger partial charge < -0.3 is 16.4 Å². The predicted octanol–water partition coefficient (Wildman–Crippen LogP) is -0.778. The molecule has 0 spiro atoms. The molecule has 2 unspecified atom stereocenters. The first-order valence-electron chi connectivity index (χ1n) is 5.31. The largest absolute Gasteiger partial charge is 0.354 e. The van der Waals surface area contributed by atoms with Crippen molar-refractivity contribution in [2.45, 2.75) is 26.3 Å². The summed E-state index contributed by atoms with van der Waals surface area (Å²) >= 11 is 0. The van der Waals surface area contributed by atoms with Crippen LogP contribution in [-0.4, -0.2) is 30.9 Å². The van der Waals surface area contributed by atoms with Crippen LogP contribution in [0.25, 0.3) is 0 Å². The SMILES string of the molecule is CC(C)C(CN)C(=O)NC1CNC(=O)C1. The van der Waals surface area contributed by atoms with Gasteiger partial charge in [-0.1, -0.05) is 13.8 Å². The van der Waals surface area contributed by atoms with E-state index in [0.29, 0.717) is 19.5 Å². The normalized spacial score (nSPS) is 22.7. The Labute approximate surface area is 89.8 Å². The highest BCUT2D eigenvalue weighted by Crippen LogP contribution is 2.10. The van der Waals surface area contributed by atoms with Crippen molar-refractivity contribution in [3.8, 4) is 0 Å². The van der Waals surface area contributed by atoms with Gasteiger partial charge in [-0.2, -0.15) is 0 Å². The van der Waals surface area contributed by atoms with Crippen LogP contribution in [0.15, 0.2) is 0 Å². The van der Waals surface area contributed by atoms with Gasteiger partial charge in [-0.25, -0.2) is 0 Å². The van der Waals surface area contributed by atoms with Crippen LogP contribution in [0.1, 0.15) is 20.3 Å². The molecule has 0 aliphatic carbocycles. The molecule has 1 aliphatic rings. The van der Waals surface area contributed by atoms with Crippen LogP contribution in [-0.2, 0) is 9.59 Å². The molecule has 0 aromatic rings. The van der Waals surface area contributed by atoms with Crippen molar-refractivity contribution in [3.63, 3.8) is 0 Å². The summed E-state index contributed by atoms with van der Waals surface area (Å²) in [7, 11) is 0. The average molecular weight is 213 g/mol. The third-order valence-corrected chi connectivity index (χ3v) is 2.72. The fourth-order valence-electron chi connectivity index (χ4n) is 1.70. The highest BCUT2D eigenvalue weighted by molar-refractivity contribution is 5.83. The van der Waals surface area contributed by atoms with Crippen LogP contribution >= 0.6 is 0 Å². The maximum Gasteiger partial charge on any atom is 0.224 e. The Hall–Kier alpha value is -1.10. The lowest BCUT2D eigenvalue weighted by Crippen LogP contribution is -2.43. The van der Waals surface area contributed by atoms with Crippen LogP contribution in [0.2, 0.25) is 0 Å². The van der Waals surface area contributed by atoms with Crippen molar-refractivity contribution in [2.24, 2.45) is 17.6 Å². The van der Waals surface area contributed by atoms with Crippen molar-refractivity contribution < 1.29 is 9.59 Å². The minimum atomic E-state index is -0.166. The maximum absolute atomic E-state index is 11.7. The standard InChI is InChI=1S/C10H19N3O2/c1-6(2)8(4-11)10(15)13-7-3-9(14)12-5-7/h6-8H,3-5,11H2,1-2H3,(H,12,14)(H,13,15). The lowest BCUT2D eigenvalue weighted by Gasteiger charge is -2.20. The Bertz CT molecular complexity index is 253. The van der Waals surface area contributed by atoms with Gasteiger partial charge in [-0.15, -0.1) is 0 Å². The topological polar surface area (TPSA) is 84.2 Å². The second kappa shape index (κ2) is 5.11. The van der Waals surface area contributed by atoms with Crippen LogP contribution in [0.3, 0.4) is 0 Å². The molecule has 86 valence electrons. The molecule has 15 heavy (non-hydrogen) atoms. The zero-order valence-electron chi connectivity index (χ0n) is 9.25. The fourth-order valence-corrected chi connectivity index (χ4v) is 1.70. The molecule has 1 aliphatic heterocycles. The molecule has 1 saturated heterocycles. The molecule has 5 heteroatoms. The summed E-state index contributed by atoms with van der Waals surface area (Å²) in [6.07, 6.45) is 0.376. The van der Waals surface area contributed by atoms with Crippen molar-refractivity contribution in [1.29, 1.82) is 0 Å². The van der Waals surface area contributed by atoms with E-state index < -0.39 is 0 Å². The smallest absolute Gasteiger partial charge is 0.224 e. The van der Waals surface area contributed by atoms with E-state index in [9.17, 15) is 9.59 Å². The molecular formula is C10H19N3O2. The van der Waals surface area contributed by atoms with Crippen molar-refractivity contribution in [2.75, 3.05) is 13.1 Å². The molecule has 2 atom stereocenters. The first-order chi connectivity index (χ1) is 7.04. The molecule has 0 bridgehead atoms. The molecule has 0 saturated carbocycles. The van der Waals surface area contributed by atoms with Gasteiger partial charge in [-0.3, -0.25) is 9.59 Å². The van der Waals surface area contributed by atoms with Crippen molar-refractivity contribution >= 4 is 11.8 Å². The lowest BCUT2D eigenvalue weighted by atomic mass is 9.95. The number of hydrogen-bond acceptors (Lipinski definition) is 3. The van der Waals surface area contributed by atoms with Crippen LogP contribution in [0.5, 0.6) is 0 Å². The zero-order chi connectivity index (χ0) is 11.4. The lowest BCUT2D eigenvalue weighted by molar-refractivity contribution is -0.126. The van der Waals surface area contributed by atoms with E-state index in [-0.39, 0.29) is 29.7 Å². The van der Waals surface area contributed by atoms with E-state index in [4.69, 9.17) is 5.73 Å². The number of nitrogens with one attached hydrogen (secondary N) is 2. The van der Waals surface area contributed by atoms with Gasteiger partial charge in [0.15, 0.2) is 0 Å². The average Bonchev–Trinajstić information content (AvgIpc) is 2.51. The van der Waals surface area contributed by atoms with E-state index in [2.05, 4.69) is 10.6 Å². The first-order valence-corrected chi connectivity index (χ1v) is 5.31. The molecule has 2 amide bonds. The van der Waals surface area contributed by atoms with E-state index in [1.807, 2.05) is 13.8 Å². The second-order valence-corrected chi connectivity index (χ2v) is 4.30. The van der Waals surface area contributed by atoms with E-state index in [1.54, 1.807) is 0 Å². The number of rotatable bonds is 4. The molecule has 1 fully saturated rings. The molecule has 0 aromatic carbocycles. The number of amides is 2. The summed E-state index contributed by atoms with van der Waals surface area (Å²) in [6, 6.07) is -0.0715. The number of nitrogens with two attached hydrogens (primary N) is 1. The number of hydrogen-bond donors (Lipinski definition) is 3. The van der Waals surface area contributed by atoms with E-state index in [1.165, 1.54) is 0 Å². The summed E-state index contributed by atoms with van der Waals surface area (Å²) in [5, 5.41) is 5.52. The Balaban J connectivity index is 2.43. The van der Waals surface area contributed by atoms with Crippen molar-refractivity contribution in [3.05, 3.63) is 0 Å². The third-order valence-electron chi connectivity index (χ3n) is 2.72. The number of carbonyl (C=O) groups excluding carboxylic acids is 2. The van der Waals surface area contributed by atoms with Gasteiger partial charge in [0.25, 0.3) is 0 Å². The molecule has 1 heterocycles. The summed E-state index contributed by atoms with van der Waals surface area (Å²) < 4.78 is 0. The van der Waals surface area contributed by atoms with Crippen LogP contribution in [0, 0.1) is 11.8 Å². The maximum atomic E-state index is 11.7. The molecule has 4 N–H and O–H groups in total. The van der Waals surface area contributed by atoms with Crippen molar-refractivity contribution in [1.82, 2.24) is 10.6 Å². The molecule has 5 nitrogen and oxygen atoms in total. The van der Waals surface area contributed by atoms with Gasteiger partial charge in [0.2, 0.25) is 11.8 Å². The van der Waals surface area contributed by atoms with Gasteiger partial charge >= 0.3 is 0 Å². The Morgan fingerprint density at radius 3 is 2.73 bits per heavy atom. The van der Waals surface area contributed by atoms with Gasteiger partial charge in [0.1, 0.15) is 0 Å². The first kappa shape index (κ1) is 12.0. The molecular weight excluding hydrogens is 194 g/mol. The monoisotopic (exact) mass is 213 g/mol. The zero-order valence-corrected chi connectivity index (χ0v) is 9.25. The van der Waals surface area contributed by atoms with Crippen LogP contribution in [0.4, 0.5) is 0 Å². The summed E-state index contributed by atoms with van der Waals surface area (Å²) in [6.45, 7) is 4.81. The fraction of sp³-hybridized carbons (Fsp3) is 0.800. The molecule has 0 radical (unpaired) electrons. The number of carbonyl (C=O) groups is 2. The van der Waals surface area contributed by atoms with E-state index in [0.717, 1.165) is 0 Å². The second-order valence-electron chi connectivity index (χ2n) is 4.30. The summed E-state index contributed by atoms with van der Waals surface area (Å²) in [5.41, 5.74) is 5.53. The molecule has 1 rings (SSSR count). The highest BCUT2D eigenvalue weighted by atomic mass is 16.2. The molecule has 0 aromatic heterocycles. The Kier molecular flexibility index (Phi) is 4.08. The minimum absolute atomic E-state index is 0.00542. The third kappa shape index (κ3) is 3.20. The Morgan fingerprint density at radius 1 is 1.67 bits per heavy atom.